The van der Waals surface area contributed by atoms with Crippen LogP contribution in [0.3, 0.4) is 0 Å². The highest BCUT2D eigenvalue weighted by Gasteiger charge is 2.29. The third-order valence-corrected chi connectivity index (χ3v) is 12.0. The van der Waals surface area contributed by atoms with Crippen LogP contribution in [0.25, 0.3) is 27.6 Å². The van der Waals surface area contributed by atoms with Crippen LogP contribution >= 0.6 is 11.6 Å². The average Bonchev–Trinajstić information content (AvgIpc) is 3.95. The Morgan fingerprint density at radius 1 is 0.950 bits per heavy atom. The summed E-state index contributed by atoms with van der Waals surface area (Å²) in [5, 5.41) is 7.41. The van der Waals surface area contributed by atoms with Gasteiger partial charge in [0.1, 0.15) is 5.69 Å². The highest BCUT2D eigenvalue weighted by molar-refractivity contribution is 6.34. The highest BCUT2D eigenvalue weighted by atomic mass is 35.5. The Labute approximate surface area is 351 Å². The van der Waals surface area contributed by atoms with Crippen molar-refractivity contribution in [3.63, 3.8) is 0 Å². The fourth-order valence-electron chi connectivity index (χ4n) is 8.36. The number of nitrogens with one attached hydrogen (secondary N) is 2. The number of likely N-dealkylation sites (tertiary alicyclic amines) is 1. The van der Waals surface area contributed by atoms with Gasteiger partial charge in [0.05, 0.1) is 16.2 Å². The van der Waals surface area contributed by atoms with Gasteiger partial charge in [-0.2, -0.15) is 5.10 Å². The van der Waals surface area contributed by atoms with Crippen molar-refractivity contribution in [3.05, 3.63) is 112 Å². The molecule has 3 aliphatic rings. The monoisotopic (exact) mass is 832 g/mol. The fourth-order valence-corrected chi connectivity index (χ4v) is 8.58. The van der Waals surface area contributed by atoms with Crippen LogP contribution < -0.4 is 10.2 Å². The lowest BCUT2D eigenvalue weighted by Gasteiger charge is -2.33. The van der Waals surface area contributed by atoms with Crippen molar-refractivity contribution in [1.82, 2.24) is 34.8 Å². The number of halogens is 2. The molecule has 60 heavy (non-hydrogen) atoms. The highest BCUT2D eigenvalue weighted by Crippen LogP contribution is 2.38. The van der Waals surface area contributed by atoms with E-state index in [0.717, 1.165) is 41.5 Å². The van der Waals surface area contributed by atoms with E-state index in [9.17, 15) is 24.0 Å². The molecule has 2 fully saturated rings. The van der Waals surface area contributed by atoms with Gasteiger partial charge < -0.3 is 19.7 Å². The molecule has 0 atom stereocenters. The smallest absolute Gasteiger partial charge is 0.328 e. The van der Waals surface area contributed by atoms with Gasteiger partial charge in [-0.1, -0.05) is 41.9 Å². The van der Waals surface area contributed by atoms with Crippen molar-refractivity contribution in [1.29, 1.82) is 0 Å². The lowest BCUT2D eigenvalue weighted by Crippen LogP contribution is -2.49. The summed E-state index contributed by atoms with van der Waals surface area (Å²) in [6.07, 6.45) is 8.98. The Morgan fingerprint density at radius 3 is 2.45 bits per heavy atom. The molecule has 0 saturated carbocycles. The number of imide groups is 1. The molecule has 6 amide bonds. The molecule has 2 aromatic heterocycles. The van der Waals surface area contributed by atoms with Gasteiger partial charge in [-0.05, 0) is 90.3 Å². The Bertz CT molecular complexity index is 2510. The van der Waals surface area contributed by atoms with Gasteiger partial charge in [0.15, 0.2) is 5.82 Å². The normalized spacial score (nSPS) is 16.3. The summed E-state index contributed by atoms with van der Waals surface area (Å²) in [5.41, 5.74) is 5.23. The fraction of sp³-hybridized carbons (Fsp3) is 0.333. The van der Waals surface area contributed by atoms with Crippen LogP contribution in [0.5, 0.6) is 0 Å². The number of H-pyrrole nitrogens is 1. The number of urea groups is 1. The first-order valence-electron chi connectivity index (χ1n) is 20.2. The van der Waals surface area contributed by atoms with Gasteiger partial charge >= 0.3 is 6.03 Å². The minimum atomic E-state index is -0.561. The number of aryl methyl sites for hydroxylation is 1. The van der Waals surface area contributed by atoms with Crippen molar-refractivity contribution >= 4 is 63.4 Å². The average molecular weight is 833 g/mol. The lowest BCUT2D eigenvalue weighted by molar-refractivity contribution is -0.131. The molecule has 0 bridgehead atoms. The zero-order valence-corrected chi connectivity index (χ0v) is 34.3. The van der Waals surface area contributed by atoms with Crippen molar-refractivity contribution in [2.45, 2.75) is 45.1 Å². The van der Waals surface area contributed by atoms with Crippen molar-refractivity contribution < 1.29 is 28.4 Å². The van der Waals surface area contributed by atoms with E-state index < -0.39 is 11.8 Å². The molecular formula is C45H46ClFN8O5. The van der Waals surface area contributed by atoms with Crippen LogP contribution in [-0.2, 0) is 22.6 Å². The van der Waals surface area contributed by atoms with E-state index in [1.807, 2.05) is 41.4 Å². The Morgan fingerprint density at radius 2 is 1.73 bits per heavy atom. The molecule has 3 aliphatic heterocycles. The molecule has 310 valence electrons. The van der Waals surface area contributed by atoms with Crippen LogP contribution in [0.1, 0.15) is 64.1 Å². The van der Waals surface area contributed by atoms with Crippen molar-refractivity contribution in [2.75, 3.05) is 51.7 Å². The molecule has 2 N–H and O–H groups in total. The predicted octanol–water partition coefficient (Wildman–Crippen LogP) is 6.77. The minimum absolute atomic E-state index is 0.0232. The maximum absolute atomic E-state index is 16.6. The van der Waals surface area contributed by atoms with Crippen LogP contribution in [0.2, 0.25) is 5.02 Å². The molecular weight excluding hydrogens is 787 g/mol. The van der Waals surface area contributed by atoms with Crippen LogP contribution in [0.4, 0.5) is 14.9 Å². The van der Waals surface area contributed by atoms with Gasteiger partial charge in [-0.25, -0.2) is 9.18 Å². The summed E-state index contributed by atoms with van der Waals surface area (Å²) in [5.74, 6) is -0.885. The minimum Gasteiger partial charge on any atom is -0.348 e. The Balaban J connectivity index is 0.967. The summed E-state index contributed by atoms with van der Waals surface area (Å²) in [6, 6.07) is 17.9. The number of nitrogens with zero attached hydrogens (tertiary/aromatic N) is 6. The number of carbonyl (C=O) groups is 5. The molecule has 0 radical (unpaired) electrons. The van der Waals surface area contributed by atoms with E-state index in [1.165, 1.54) is 9.80 Å². The number of aromatic amines is 1. The van der Waals surface area contributed by atoms with Crippen LogP contribution in [0.15, 0.2) is 79.1 Å². The zero-order chi connectivity index (χ0) is 42.1. The molecule has 0 aliphatic carbocycles. The molecule has 2 saturated heterocycles. The number of aromatic nitrogens is 3. The quantitative estimate of drug-likeness (QED) is 0.159. The van der Waals surface area contributed by atoms with Gasteiger partial charge in [-0.15, -0.1) is 0 Å². The van der Waals surface area contributed by atoms with Crippen LogP contribution in [0, 0.1) is 11.7 Å². The maximum Gasteiger partial charge on any atom is 0.328 e. The molecule has 3 aromatic carbocycles. The number of fused-ring (bicyclic) bond motifs is 1. The van der Waals surface area contributed by atoms with E-state index in [0.29, 0.717) is 65.7 Å². The molecule has 15 heteroatoms. The number of anilines is 1. The van der Waals surface area contributed by atoms with Crippen molar-refractivity contribution in [2.24, 2.45) is 5.92 Å². The second-order valence-electron chi connectivity index (χ2n) is 15.9. The number of carbonyl (C=O) groups excluding carboxylic acids is 5. The molecule has 5 heterocycles. The summed E-state index contributed by atoms with van der Waals surface area (Å²) in [6.45, 7) is 2.63. The third-order valence-electron chi connectivity index (χ3n) is 11.7. The first-order valence-corrected chi connectivity index (χ1v) is 20.6. The number of piperidine rings is 1. The molecule has 0 unspecified atom stereocenters. The lowest BCUT2D eigenvalue weighted by atomic mass is 9.88. The Hall–Kier alpha value is -6.28. The Kier molecular flexibility index (Phi) is 11.6. The standard InChI is InChI=1S/C45H46ClFN8O5/c1-51(2)44(59)37-26-35-33(25-34(41(47)42(35)49-37)32-5-3-17-53(27-32)40(57)15-21-54-18-4-16-48-54)30-8-6-28(7-9-30)23-29-12-19-52(20-13-29)43(58)31-10-11-36(46)38(24-31)55-22-14-39(56)50-45(55)60/h4-11,16,18,24-26,29,49H,3,12-15,17,19-23,27H2,1-2H3,(H,50,56,60). The summed E-state index contributed by atoms with van der Waals surface area (Å²) in [7, 11) is 3.31. The zero-order valence-electron chi connectivity index (χ0n) is 33.5. The van der Waals surface area contributed by atoms with E-state index >= 15 is 4.39 Å². The number of rotatable bonds is 10. The van der Waals surface area contributed by atoms with E-state index in [2.05, 4.69) is 27.5 Å². The van der Waals surface area contributed by atoms with Crippen molar-refractivity contribution in [3.8, 4) is 11.1 Å². The van der Waals surface area contributed by atoms with E-state index in [-0.39, 0.29) is 60.8 Å². The van der Waals surface area contributed by atoms with Gasteiger partial charge in [-0.3, -0.25) is 34.1 Å². The molecule has 5 aromatic rings. The van der Waals surface area contributed by atoms with E-state index in [1.54, 1.807) is 54.1 Å². The first kappa shape index (κ1) is 40.5. The number of hydrogen-bond acceptors (Lipinski definition) is 6. The second-order valence-corrected chi connectivity index (χ2v) is 16.3. The number of benzene rings is 3. The summed E-state index contributed by atoms with van der Waals surface area (Å²) in [4.78, 5) is 73.5. The number of hydrogen-bond donors (Lipinski definition) is 2. The topological polar surface area (TPSA) is 144 Å². The summed E-state index contributed by atoms with van der Waals surface area (Å²) < 4.78 is 18.3. The largest absolute Gasteiger partial charge is 0.348 e. The predicted molar refractivity (Wildman–Crippen MR) is 227 cm³/mol. The number of amides is 6. The molecule has 8 rings (SSSR count). The maximum atomic E-state index is 16.6. The second kappa shape index (κ2) is 17.1. The van der Waals surface area contributed by atoms with Crippen LogP contribution in [-0.4, -0.2) is 106 Å². The molecule has 0 spiro atoms. The SMILES string of the molecule is CN(C)C(=O)c1cc2c(-c3ccc(CC4CCN(C(=O)c5ccc(Cl)c(N6CCC(=O)NC6=O)c5)CC4)cc3)cc(C3=CCCN(C(=O)CCn4cccn4)C3)c(F)c2[nH]1. The first-order chi connectivity index (χ1) is 28.9. The van der Waals surface area contributed by atoms with Gasteiger partial charge in [0.25, 0.3) is 11.8 Å². The van der Waals surface area contributed by atoms with Gasteiger partial charge in [0, 0.05) is 95.1 Å². The van der Waals surface area contributed by atoms with E-state index in [4.69, 9.17) is 11.6 Å². The molecule has 13 nitrogen and oxygen atoms in total. The van der Waals surface area contributed by atoms with Gasteiger partial charge in [0.2, 0.25) is 11.8 Å². The third kappa shape index (κ3) is 8.42. The summed E-state index contributed by atoms with van der Waals surface area (Å²) >= 11 is 6.41.